The fourth-order valence-corrected chi connectivity index (χ4v) is 1.24. The van der Waals surface area contributed by atoms with Crippen LogP contribution in [-0.2, 0) is 0 Å². The summed E-state index contributed by atoms with van der Waals surface area (Å²) in [5.74, 6) is -3.97. The molecule has 8 heteroatoms. The van der Waals surface area contributed by atoms with Gasteiger partial charge in [-0.05, 0) is 0 Å². The molecule has 0 bridgehead atoms. The van der Waals surface area contributed by atoms with Crippen molar-refractivity contribution in [3.63, 3.8) is 0 Å². The monoisotopic (exact) mass is 283 g/mol. The van der Waals surface area contributed by atoms with Crippen molar-refractivity contribution in [1.82, 2.24) is 0 Å². The molecule has 0 aromatic heterocycles. The number of methoxy groups -OCH3 is 2. The average Bonchev–Trinajstić information content (AvgIpc) is 2.36. The van der Waals surface area contributed by atoms with Gasteiger partial charge >= 0.3 is 12.3 Å². The highest BCUT2D eigenvalue weighted by atomic mass is 19.3. The summed E-state index contributed by atoms with van der Waals surface area (Å²) in [4.78, 5) is 0. The second kappa shape index (κ2) is 5.85. The number of hydrogen-bond donors (Lipinski definition) is 1. The Bertz CT molecular complexity index is 440. The van der Waals surface area contributed by atoms with Gasteiger partial charge < -0.3 is 19.9 Å². The molecule has 0 unspecified atom stereocenters. The highest BCUT2D eigenvalue weighted by Crippen LogP contribution is 2.37. The Morgan fingerprint density at radius 1 is 1.11 bits per heavy atom. The number of benzene rings is 1. The highest BCUT2D eigenvalue weighted by Gasteiger charge is 2.41. The lowest BCUT2D eigenvalue weighted by Crippen LogP contribution is -2.33. The number of rotatable bonds is 6. The van der Waals surface area contributed by atoms with Crippen LogP contribution in [0.4, 0.5) is 23.2 Å². The molecule has 19 heavy (non-hydrogen) atoms. The molecule has 0 heterocycles. The van der Waals surface area contributed by atoms with Crippen LogP contribution in [0.3, 0.4) is 0 Å². The Morgan fingerprint density at radius 2 is 1.63 bits per heavy atom. The van der Waals surface area contributed by atoms with Crippen molar-refractivity contribution < 1.29 is 31.8 Å². The maximum absolute atomic E-state index is 12.7. The van der Waals surface area contributed by atoms with E-state index >= 15 is 0 Å². The molecular weight excluding hydrogens is 270 g/mol. The quantitative estimate of drug-likeness (QED) is 0.644. The summed E-state index contributed by atoms with van der Waals surface area (Å²) in [7, 11) is 2.69. The zero-order chi connectivity index (χ0) is 14.6. The summed E-state index contributed by atoms with van der Waals surface area (Å²) in [6, 6.07) is 2.48. The first-order valence-corrected chi connectivity index (χ1v) is 5.12. The number of halogens is 4. The summed E-state index contributed by atoms with van der Waals surface area (Å²) >= 11 is 0. The van der Waals surface area contributed by atoms with Crippen molar-refractivity contribution in [2.24, 2.45) is 0 Å². The van der Waals surface area contributed by atoms with Crippen LogP contribution in [0.1, 0.15) is 0 Å². The smallest absolute Gasteiger partial charge is 0.340 e. The van der Waals surface area contributed by atoms with Crippen LogP contribution in [0.25, 0.3) is 0 Å². The summed E-state index contributed by atoms with van der Waals surface area (Å²) in [5, 5.41) is 0. The van der Waals surface area contributed by atoms with E-state index in [-0.39, 0.29) is 22.9 Å². The molecule has 0 atom stereocenters. The number of ether oxygens (including phenoxy) is 3. The first kappa shape index (κ1) is 15.2. The van der Waals surface area contributed by atoms with E-state index in [1.165, 1.54) is 26.4 Å². The van der Waals surface area contributed by atoms with Crippen LogP contribution in [0.2, 0.25) is 0 Å². The molecule has 0 fully saturated rings. The summed E-state index contributed by atoms with van der Waals surface area (Å²) in [6.45, 7) is -1.48. The fourth-order valence-electron chi connectivity index (χ4n) is 1.24. The average molecular weight is 283 g/mol. The minimum Gasteiger partial charge on any atom is -0.493 e. The molecule has 0 aliphatic heterocycles. The topological polar surface area (TPSA) is 53.7 Å². The molecule has 4 nitrogen and oxygen atoms in total. The third-order valence-corrected chi connectivity index (χ3v) is 2.26. The Hall–Kier alpha value is -1.86. The van der Waals surface area contributed by atoms with Gasteiger partial charge in [-0.15, -0.1) is 0 Å². The van der Waals surface area contributed by atoms with Gasteiger partial charge in [-0.3, -0.25) is 0 Å². The second-order valence-electron chi connectivity index (χ2n) is 3.60. The van der Waals surface area contributed by atoms with Gasteiger partial charge in [0.25, 0.3) is 0 Å². The fraction of sp³-hybridized carbons (Fsp3) is 0.455. The molecule has 108 valence electrons. The molecule has 0 spiro atoms. The first-order chi connectivity index (χ1) is 8.81. The lowest BCUT2D eigenvalue weighted by atomic mass is 10.2. The molecular formula is C11H13F4NO3. The van der Waals surface area contributed by atoms with Gasteiger partial charge in [0.2, 0.25) is 0 Å². The molecule has 0 amide bonds. The number of anilines is 1. The van der Waals surface area contributed by atoms with Crippen LogP contribution in [0, 0.1) is 0 Å². The zero-order valence-electron chi connectivity index (χ0n) is 10.3. The Balaban J connectivity index is 2.90. The van der Waals surface area contributed by atoms with Crippen LogP contribution in [0.15, 0.2) is 12.1 Å². The lowest BCUT2D eigenvalue weighted by Gasteiger charge is -2.18. The van der Waals surface area contributed by atoms with Gasteiger partial charge in [-0.1, -0.05) is 0 Å². The van der Waals surface area contributed by atoms with Gasteiger partial charge in [0.15, 0.2) is 18.1 Å². The van der Waals surface area contributed by atoms with E-state index < -0.39 is 19.0 Å². The first-order valence-electron chi connectivity index (χ1n) is 5.12. The molecule has 0 radical (unpaired) electrons. The third-order valence-electron chi connectivity index (χ3n) is 2.26. The number of alkyl halides is 4. The van der Waals surface area contributed by atoms with Gasteiger partial charge in [-0.2, -0.15) is 8.78 Å². The molecule has 0 saturated carbocycles. The van der Waals surface area contributed by atoms with Crippen molar-refractivity contribution in [1.29, 1.82) is 0 Å². The van der Waals surface area contributed by atoms with Crippen molar-refractivity contribution in [3.8, 4) is 17.2 Å². The van der Waals surface area contributed by atoms with Gasteiger partial charge in [0, 0.05) is 12.1 Å². The minimum absolute atomic E-state index is 0.0253. The Kier molecular flexibility index (Phi) is 4.68. The van der Waals surface area contributed by atoms with Gasteiger partial charge in [-0.25, -0.2) is 8.78 Å². The molecule has 0 saturated heterocycles. The van der Waals surface area contributed by atoms with Gasteiger partial charge in [0.05, 0.1) is 19.9 Å². The van der Waals surface area contributed by atoms with Crippen molar-refractivity contribution in [2.75, 3.05) is 26.6 Å². The maximum Gasteiger partial charge on any atom is 0.340 e. The van der Waals surface area contributed by atoms with Gasteiger partial charge in [0.1, 0.15) is 5.75 Å². The molecule has 0 aliphatic rings. The summed E-state index contributed by atoms with van der Waals surface area (Å²) in [5.41, 5.74) is 5.51. The highest BCUT2D eigenvalue weighted by molar-refractivity contribution is 5.61. The van der Waals surface area contributed by atoms with Crippen LogP contribution in [0.5, 0.6) is 17.2 Å². The summed E-state index contributed by atoms with van der Waals surface area (Å²) in [6.07, 6.45) is -3.81. The SMILES string of the molecule is COc1cc(N)c(OCC(F)(F)C(F)F)cc1OC. The minimum atomic E-state index is -4.25. The molecule has 1 rings (SSSR count). The van der Waals surface area contributed by atoms with Crippen LogP contribution in [-0.4, -0.2) is 33.2 Å². The van der Waals surface area contributed by atoms with E-state index in [0.29, 0.717) is 0 Å². The number of nitrogens with two attached hydrogens (primary N) is 1. The largest absolute Gasteiger partial charge is 0.493 e. The van der Waals surface area contributed by atoms with E-state index in [9.17, 15) is 17.6 Å². The predicted octanol–water partition coefficient (Wildman–Crippen LogP) is 2.57. The van der Waals surface area contributed by atoms with E-state index in [1.54, 1.807) is 0 Å². The number of nitrogen functional groups attached to an aromatic ring is 1. The van der Waals surface area contributed by atoms with Crippen LogP contribution < -0.4 is 19.9 Å². The van der Waals surface area contributed by atoms with Crippen molar-refractivity contribution in [3.05, 3.63) is 12.1 Å². The van der Waals surface area contributed by atoms with E-state index in [1.807, 2.05) is 0 Å². The Labute approximate surface area is 107 Å². The molecule has 0 aliphatic carbocycles. The predicted molar refractivity (Wildman–Crippen MR) is 60.4 cm³/mol. The van der Waals surface area contributed by atoms with Crippen molar-refractivity contribution in [2.45, 2.75) is 12.3 Å². The van der Waals surface area contributed by atoms with E-state index in [0.717, 1.165) is 0 Å². The molecule has 1 aromatic rings. The summed E-state index contributed by atoms with van der Waals surface area (Å²) < 4.78 is 63.8. The molecule has 2 N–H and O–H groups in total. The standard InChI is InChI=1S/C11H13F4NO3/c1-17-8-3-6(16)7(4-9(8)18-2)19-5-11(14,15)10(12)13/h3-4,10H,5,16H2,1-2H3. The molecule has 1 aromatic carbocycles. The lowest BCUT2D eigenvalue weighted by molar-refractivity contribution is -0.148. The third kappa shape index (κ3) is 3.55. The van der Waals surface area contributed by atoms with Crippen LogP contribution >= 0.6 is 0 Å². The van der Waals surface area contributed by atoms with Crippen molar-refractivity contribution >= 4 is 5.69 Å². The van der Waals surface area contributed by atoms with E-state index in [2.05, 4.69) is 4.74 Å². The van der Waals surface area contributed by atoms with E-state index in [4.69, 9.17) is 15.2 Å². The number of hydrogen-bond acceptors (Lipinski definition) is 4. The maximum atomic E-state index is 12.7. The normalized spacial score (nSPS) is 11.5. The second-order valence-corrected chi connectivity index (χ2v) is 3.60. The zero-order valence-corrected chi connectivity index (χ0v) is 10.3. The Morgan fingerprint density at radius 3 is 2.11 bits per heavy atom.